The second-order valence-electron chi connectivity index (χ2n) is 9.59. The number of amides is 1. The van der Waals surface area contributed by atoms with E-state index in [4.69, 9.17) is 19.0 Å². The van der Waals surface area contributed by atoms with Gasteiger partial charge in [0.05, 0.1) is 22.4 Å². The van der Waals surface area contributed by atoms with Gasteiger partial charge in [-0.15, -0.1) is 0 Å². The Bertz CT molecular complexity index is 947. The first kappa shape index (κ1) is 22.3. The third-order valence-corrected chi connectivity index (χ3v) is 5.34. The number of benzene rings is 1. The Hall–Kier alpha value is -2.38. The van der Waals surface area contributed by atoms with Gasteiger partial charge in [0.25, 0.3) is 0 Å². The van der Waals surface area contributed by atoms with Crippen molar-refractivity contribution in [3.8, 4) is 0 Å². The molecule has 6 nitrogen and oxygen atoms in total. The minimum atomic E-state index is -0.599. The monoisotopic (exact) mass is 410 g/mol. The maximum atomic E-state index is 12.2. The van der Waals surface area contributed by atoms with Crippen LogP contribution in [-0.2, 0) is 14.0 Å². The van der Waals surface area contributed by atoms with Crippen LogP contribution in [0.5, 0.6) is 0 Å². The molecule has 160 valence electrons. The van der Waals surface area contributed by atoms with Crippen LogP contribution in [0.4, 0.5) is 4.79 Å². The number of aromatic nitrogens is 1. The quantitative estimate of drug-likeness (QED) is 0.735. The van der Waals surface area contributed by atoms with Gasteiger partial charge in [-0.25, -0.2) is 9.78 Å². The van der Waals surface area contributed by atoms with Crippen LogP contribution in [0.15, 0.2) is 41.9 Å². The molecule has 2 heterocycles. The molecule has 0 atom stereocenters. The number of rotatable bonds is 4. The highest BCUT2D eigenvalue weighted by molar-refractivity contribution is 6.56. The Kier molecular flexibility index (Phi) is 5.98. The first-order chi connectivity index (χ1) is 13.9. The number of nitrogens with one attached hydrogen (secondary N) is 1. The van der Waals surface area contributed by atoms with Gasteiger partial charge < -0.3 is 19.4 Å². The van der Waals surface area contributed by atoms with Gasteiger partial charge in [-0.3, -0.25) is 0 Å². The van der Waals surface area contributed by atoms with Crippen molar-refractivity contribution in [1.29, 1.82) is 0 Å². The summed E-state index contributed by atoms with van der Waals surface area (Å²) in [5, 5.41) is 3.88. The number of alkyl carbamates (subject to hydrolysis) is 1. The summed E-state index contributed by atoms with van der Waals surface area (Å²) in [5.74, 6) is 0. The van der Waals surface area contributed by atoms with Crippen LogP contribution in [0.2, 0.25) is 0 Å². The van der Waals surface area contributed by atoms with Crippen molar-refractivity contribution < 1.29 is 18.8 Å². The zero-order chi connectivity index (χ0) is 22.2. The van der Waals surface area contributed by atoms with Crippen molar-refractivity contribution >= 4 is 30.2 Å². The number of para-hydroxylation sites is 1. The summed E-state index contributed by atoms with van der Waals surface area (Å²) in [6.45, 7) is 13.7. The molecule has 1 aromatic heterocycles. The van der Waals surface area contributed by atoms with Crippen LogP contribution in [0.3, 0.4) is 0 Å². The van der Waals surface area contributed by atoms with E-state index in [0.29, 0.717) is 0 Å². The molecule has 2 aromatic rings. The maximum Gasteiger partial charge on any atom is 0.492 e. The number of carbonyl (C=O) groups is 1. The summed E-state index contributed by atoms with van der Waals surface area (Å²) in [7, 11) is -0.599. The van der Waals surface area contributed by atoms with Gasteiger partial charge in [-0.1, -0.05) is 24.3 Å². The van der Waals surface area contributed by atoms with Gasteiger partial charge in [-0.2, -0.15) is 0 Å². The van der Waals surface area contributed by atoms with Crippen LogP contribution in [-0.4, -0.2) is 41.5 Å². The average molecular weight is 410 g/mol. The molecule has 1 aliphatic rings. The summed E-state index contributed by atoms with van der Waals surface area (Å²) in [4.78, 5) is 16.9. The van der Waals surface area contributed by atoms with Crippen LogP contribution < -0.4 is 5.32 Å². The smallest absolute Gasteiger partial charge is 0.444 e. The second-order valence-corrected chi connectivity index (χ2v) is 9.59. The number of carbonyl (C=O) groups excluding carboxylic acids is 1. The predicted octanol–water partition coefficient (Wildman–Crippen LogP) is 4.77. The first-order valence-corrected chi connectivity index (χ1v) is 10.3. The maximum absolute atomic E-state index is 12.2. The van der Waals surface area contributed by atoms with Crippen molar-refractivity contribution in [3.63, 3.8) is 0 Å². The Balaban J connectivity index is 1.88. The van der Waals surface area contributed by atoms with Gasteiger partial charge in [-0.05, 0) is 72.1 Å². The summed E-state index contributed by atoms with van der Waals surface area (Å²) in [6.07, 6.45) is 1.42. The van der Waals surface area contributed by atoms with Gasteiger partial charge in [0.15, 0.2) is 0 Å². The number of ether oxygens (including phenoxy) is 1. The van der Waals surface area contributed by atoms with E-state index in [1.165, 1.54) is 0 Å². The van der Waals surface area contributed by atoms with Crippen molar-refractivity contribution in [2.75, 3.05) is 6.54 Å². The Morgan fingerprint density at radius 2 is 1.73 bits per heavy atom. The fraction of sp³-hybridized carbons (Fsp3) is 0.478. The van der Waals surface area contributed by atoms with Crippen LogP contribution >= 0.6 is 0 Å². The minimum absolute atomic E-state index is 0.222. The zero-order valence-corrected chi connectivity index (χ0v) is 18.9. The van der Waals surface area contributed by atoms with Crippen LogP contribution in [0, 0.1) is 0 Å². The normalized spacial score (nSPS) is 18.5. The molecule has 1 fully saturated rings. The summed E-state index contributed by atoms with van der Waals surface area (Å²) < 4.78 is 17.8. The minimum Gasteiger partial charge on any atom is -0.444 e. The lowest BCUT2D eigenvalue weighted by Crippen LogP contribution is -2.41. The largest absolute Gasteiger partial charge is 0.492 e. The number of hydrogen-bond donors (Lipinski definition) is 1. The van der Waals surface area contributed by atoms with Crippen LogP contribution in [0.25, 0.3) is 17.0 Å². The molecular formula is C23H31BN2O4. The summed E-state index contributed by atoms with van der Waals surface area (Å²) >= 11 is 0. The predicted molar refractivity (Wildman–Crippen MR) is 120 cm³/mol. The van der Waals surface area contributed by atoms with E-state index < -0.39 is 30.0 Å². The molecule has 0 radical (unpaired) electrons. The molecule has 0 spiro atoms. The molecule has 0 aliphatic carbocycles. The van der Waals surface area contributed by atoms with E-state index in [1.807, 2.05) is 90.9 Å². The number of fused-ring (bicyclic) bond motifs is 1. The molecule has 3 rings (SSSR count). The SMILES string of the molecule is CC(C)(C)OC(=O)NCC(=Cc1ccc2ccccc2n1)B1OC(C)(C)C(C)(C)O1. The lowest BCUT2D eigenvalue weighted by atomic mass is 9.77. The van der Waals surface area contributed by atoms with Crippen LogP contribution in [0.1, 0.15) is 54.2 Å². The fourth-order valence-electron chi connectivity index (χ4n) is 3.04. The molecule has 0 saturated carbocycles. The molecule has 1 aromatic carbocycles. The molecule has 1 aliphatic heterocycles. The number of nitrogens with zero attached hydrogens (tertiary/aromatic N) is 1. The highest BCUT2D eigenvalue weighted by Gasteiger charge is 2.52. The van der Waals surface area contributed by atoms with Gasteiger partial charge in [0.1, 0.15) is 5.60 Å². The molecule has 7 heteroatoms. The molecule has 1 amide bonds. The number of pyridine rings is 1. The van der Waals surface area contributed by atoms with Gasteiger partial charge in [0, 0.05) is 11.9 Å². The summed E-state index contributed by atoms with van der Waals surface area (Å²) in [5.41, 5.74) is 0.892. The van der Waals surface area contributed by atoms with Gasteiger partial charge in [0.2, 0.25) is 0 Å². The highest BCUT2D eigenvalue weighted by atomic mass is 16.7. The topological polar surface area (TPSA) is 69.7 Å². The van der Waals surface area contributed by atoms with Gasteiger partial charge >= 0.3 is 13.2 Å². The van der Waals surface area contributed by atoms with Crippen molar-refractivity contribution in [3.05, 3.63) is 47.6 Å². The Morgan fingerprint density at radius 1 is 1.10 bits per heavy atom. The van der Waals surface area contributed by atoms with E-state index in [9.17, 15) is 4.79 Å². The third-order valence-electron chi connectivity index (χ3n) is 5.34. The van der Waals surface area contributed by atoms with Crippen molar-refractivity contribution in [1.82, 2.24) is 10.3 Å². The molecule has 0 unspecified atom stereocenters. The van der Waals surface area contributed by atoms with E-state index in [1.54, 1.807) is 0 Å². The van der Waals surface area contributed by atoms with Crippen molar-refractivity contribution in [2.45, 2.75) is 65.3 Å². The highest BCUT2D eigenvalue weighted by Crippen LogP contribution is 2.38. The lowest BCUT2D eigenvalue weighted by molar-refractivity contribution is 0.00578. The summed E-state index contributed by atoms with van der Waals surface area (Å²) in [6, 6.07) is 11.9. The molecule has 1 saturated heterocycles. The molecular weight excluding hydrogens is 379 g/mol. The number of hydrogen-bond acceptors (Lipinski definition) is 5. The van der Waals surface area contributed by atoms with E-state index >= 15 is 0 Å². The fourth-order valence-corrected chi connectivity index (χ4v) is 3.04. The van der Waals surface area contributed by atoms with Crippen molar-refractivity contribution in [2.24, 2.45) is 0 Å². The second kappa shape index (κ2) is 8.04. The molecule has 0 bridgehead atoms. The zero-order valence-electron chi connectivity index (χ0n) is 18.9. The molecule has 30 heavy (non-hydrogen) atoms. The third kappa shape index (κ3) is 5.21. The first-order valence-electron chi connectivity index (χ1n) is 10.3. The van der Waals surface area contributed by atoms with E-state index in [0.717, 1.165) is 22.1 Å². The van der Waals surface area contributed by atoms with E-state index in [2.05, 4.69) is 5.32 Å². The molecule has 1 N–H and O–H groups in total. The average Bonchev–Trinajstić information content (AvgIpc) is 2.84. The Labute approximate surface area is 179 Å². The Morgan fingerprint density at radius 3 is 2.37 bits per heavy atom. The van der Waals surface area contributed by atoms with E-state index in [-0.39, 0.29) is 6.54 Å². The standard InChI is InChI=1S/C23H31BN2O4/c1-21(2,3)28-20(27)25-15-17(24-29-22(4,5)23(6,7)30-24)14-18-13-12-16-10-8-9-11-19(16)26-18/h8-14H,15H2,1-7H3,(H,25,27). The lowest BCUT2D eigenvalue weighted by Gasteiger charge is -2.32.